The largest absolute Gasteiger partial charge is 0.469 e. The zero-order chi connectivity index (χ0) is 15.0. The van der Waals surface area contributed by atoms with E-state index in [0.29, 0.717) is 5.39 Å². The van der Waals surface area contributed by atoms with Crippen molar-refractivity contribution in [1.29, 1.82) is 0 Å². The lowest BCUT2D eigenvalue weighted by Gasteiger charge is -2.24. The van der Waals surface area contributed by atoms with Gasteiger partial charge in [0, 0.05) is 11.6 Å². The topological polar surface area (TPSA) is 22.1 Å². The van der Waals surface area contributed by atoms with Gasteiger partial charge in [0.2, 0.25) is 0 Å². The van der Waals surface area contributed by atoms with Gasteiger partial charge in [0.05, 0.1) is 0 Å². The van der Waals surface area contributed by atoms with Crippen LogP contribution in [0.15, 0.2) is 36.5 Å². The molecule has 0 saturated heterocycles. The molecule has 0 spiro atoms. The normalized spacial score (nSPS) is 12.9. The molecule has 108 valence electrons. The highest BCUT2D eigenvalue weighted by molar-refractivity contribution is 5.84. The summed E-state index contributed by atoms with van der Waals surface area (Å²) in [5, 5.41) is 0.382. The molecule has 8 heteroatoms. The van der Waals surface area contributed by atoms with E-state index in [4.69, 9.17) is 0 Å². The van der Waals surface area contributed by atoms with Crippen LogP contribution >= 0.6 is 0 Å². The number of para-hydroxylation sites is 1. The van der Waals surface area contributed by atoms with E-state index in [1.165, 1.54) is 30.5 Å². The monoisotopic (exact) mass is 295 g/mol. The van der Waals surface area contributed by atoms with Gasteiger partial charge in [-0.2, -0.15) is 26.3 Å². The molecule has 0 bridgehead atoms. The van der Waals surface area contributed by atoms with E-state index in [1.54, 1.807) is 0 Å². The van der Waals surface area contributed by atoms with E-state index in [0.717, 1.165) is 6.07 Å². The van der Waals surface area contributed by atoms with Gasteiger partial charge in [-0.1, -0.05) is 18.2 Å². The zero-order valence-electron chi connectivity index (χ0n) is 9.66. The highest BCUT2D eigenvalue weighted by Crippen LogP contribution is 2.37. The van der Waals surface area contributed by atoms with Crippen molar-refractivity contribution in [3.05, 3.63) is 36.5 Å². The summed E-state index contributed by atoms with van der Waals surface area (Å²) in [5.74, 6) is -0.567. The number of hydrogen-bond acceptors (Lipinski definition) is 2. The van der Waals surface area contributed by atoms with Crippen molar-refractivity contribution in [2.24, 2.45) is 0 Å². The van der Waals surface area contributed by atoms with Gasteiger partial charge in [-0.15, -0.1) is 0 Å². The third-order valence-electron chi connectivity index (χ3n) is 2.44. The minimum absolute atomic E-state index is 0.0616. The molecular weight excluding hydrogens is 288 g/mol. The summed E-state index contributed by atoms with van der Waals surface area (Å²) >= 11 is 0. The van der Waals surface area contributed by atoms with Crippen LogP contribution in [0, 0.1) is 0 Å². The molecule has 0 radical (unpaired) electrons. The minimum Gasteiger partial charge on any atom is -0.469 e. The second kappa shape index (κ2) is 4.84. The Kier molecular flexibility index (Phi) is 3.49. The first-order chi connectivity index (χ1) is 9.19. The zero-order valence-corrected chi connectivity index (χ0v) is 9.66. The highest BCUT2D eigenvalue weighted by Gasteiger charge is 2.59. The third kappa shape index (κ3) is 2.94. The molecule has 0 fully saturated rings. The number of aromatic nitrogens is 1. The first-order valence-electron chi connectivity index (χ1n) is 5.33. The number of rotatable bonds is 2. The summed E-state index contributed by atoms with van der Waals surface area (Å²) in [7, 11) is 0. The van der Waals surface area contributed by atoms with E-state index < -0.39 is 24.2 Å². The molecule has 20 heavy (non-hydrogen) atoms. The molecular formula is C12H7F6NO. The fourth-order valence-electron chi connectivity index (χ4n) is 1.62. The van der Waals surface area contributed by atoms with Crippen molar-refractivity contribution in [2.45, 2.75) is 18.5 Å². The lowest BCUT2D eigenvalue weighted by molar-refractivity contribution is -0.299. The Morgan fingerprint density at radius 3 is 2.10 bits per heavy atom. The second-order valence-corrected chi connectivity index (χ2v) is 3.91. The Balaban J connectivity index is 2.44. The van der Waals surface area contributed by atoms with Crippen LogP contribution in [0.25, 0.3) is 10.9 Å². The SMILES string of the molecule is FC(F)(F)C(Oc1cccc2cccnc12)C(F)(F)F. The maximum atomic E-state index is 12.4. The lowest BCUT2D eigenvalue weighted by atomic mass is 10.2. The maximum Gasteiger partial charge on any atom is 0.434 e. The first-order valence-corrected chi connectivity index (χ1v) is 5.33. The van der Waals surface area contributed by atoms with Crippen LogP contribution in [0.1, 0.15) is 0 Å². The van der Waals surface area contributed by atoms with Crippen molar-refractivity contribution in [2.75, 3.05) is 0 Å². The van der Waals surface area contributed by atoms with E-state index in [-0.39, 0.29) is 5.52 Å². The number of alkyl halides is 6. The number of benzene rings is 1. The summed E-state index contributed by atoms with van der Waals surface area (Å²) < 4.78 is 78.8. The minimum atomic E-state index is -5.56. The lowest BCUT2D eigenvalue weighted by Crippen LogP contribution is -2.46. The molecule has 0 aliphatic heterocycles. The molecule has 2 rings (SSSR count). The predicted octanol–water partition coefficient (Wildman–Crippen LogP) is 4.11. The van der Waals surface area contributed by atoms with E-state index >= 15 is 0 Å². The number of pyridine rings is 1. The predicted molar refractivity (Wildman–Crippen MR) is 58.3 cm³/mol. The van der Waals surface area contributed by atoms with Gasteiger partial charge in [0.1, 0.15) is 11.3 Å². The van der Waals surface area contributed by atoms with Gasteiger partial charge in [0.25, 0.3) is 6.10 Å². The van der Waals surface area contributed by atoms with Gasteiger partial charge in [-0.25, -0.2) is 0 Å². The first kappa shape index (κ1) is 14.4. The number of hydrogen-bond donors (Lipinski definition) is 0. The van der Waals surface area contributed by atoms with E-state index in [9.17, 15) is 26.3 Å². The van der Waals surface area contributed by atoms with Gasteiger partial charge in [-0.3, -0.25) is 4.98 Å². The number of nitrogens with zero attached hydrogens (tertiary/aromatic N) is 1. The fourth-order valence-corrected chi connectivity index (χ4v) is 1.62. The average Bonchev–Trinajstić information content (AvgIpc) is 2.33. The van der Waals surface area contributed by atoms with Crippen molar-refractivity contribution < 1.29 is 31.1 Å². The standard InChI is InChI=1S/C12H7F6NO/c13-11(14,15)10(12(16,17)18)20-8-5-1-3-7-4-2-6-19-9(7)8/h1-6,10H. The molecule has 0 atom stereocenters. The molecule has 0 amide bonds. The second-order valence-electron chi connectivity index (χ2n) is 3.91. The van der Waals surface area contributed by atoms with Crippen LogP contribution in [0.4, 0.5) is 26.3 Å². The molecule has 1 aromatic carbocycles. The van der Waals surface area contributed by atoms with Crippen LogP contribution in [0.3, 0.4) is 0 Å². The molecule has 0 aliphatic carbocycles. The summed E-state index contributed by atoms with van der Waals surface area (Å²) in [5.41, 5.74) is -0.0616. The molecule has 2 aromatic rings. The quantitative estimate of drug-likeness (QED) is 0.778. The van der Waals surface area contributed by atoms with Crippen LogP contribution < -0.4 is 4.74 Å². The van der Waals surface area contributed by atoms with Crippen LogP contribution in [0.2, 0.25) is 0 Å². The van der Waals surface area contributed by atoms with Crippen molar-refractivity contribution >= 4 is 10.9 Å². The Hall–Kier alpha value is -1.99. The number of halogens is 6. The molecule has 0 unspecified atom stereocenters. The Morgan fingerprint density at radius 2 is 1.50 bits per heavy atom. The van der Waals surface area contributed by atoms with E-state index in [2.05, 4.69) is 9.72 Å². The molecule has 2 nitrogen and oxygen atoms in total. The van der Waals surface area contributed by atoms with Gasteiger partial charge >= 0.3 is 12.4 Å². The van der Waals surface area contributed by atoms with Gasteiger partial charge < -0.3 is 4.74 Å². The summed E-state index contributed by atoms with van der Waals surface area (Å²) in [4.78, 5) is 3.74. The van der Waals surface area contributed by atoms with Crippen molar-refractivity contribution in [3.63, 3.8) is 0 Å². The molecule has 1 heterocycles. The maximum absolute atomic E-state index is 12.4. The van der Waals surface area contributed by atoms with Crippen LogP contribution in [-0.4, -0.2) is 23.4 Å². The van der Waals surface area contributed by atoms with Crippen LogP contribution in [0.5, 0.6) is 5.75 Å². The Bertz CT molecular complexity index is 587. The van der Waals surface area contributed by atoms with Gasteiger partial charge in [-0.05, 0) is 12.1 Å². The highest BCUT2D eigenvalue weighted by atomic mass is 19.4. The number of fused-ring (bicyclic) bond motifs is 1. The van der Waals surface area contributed by atoms with Crippen LogP contribution in [-0.2, 0) is 0 Å². The van der Waals surface area contributed by atoms with Crippen molar-refractivity contribution in [3.8, 4) is 5.75 Å². The third-order valence-corrected chi connectivity index (χ3v) is 2.44. The molecule has 0 saturated carbocycles. The van der Waals surface area contributed by atoms with E-state index in [1.807, 2.05) is 0 Å². The van der Waals surface area contributed by atoms with Gasteiger partial charge in [0.15, 0.2) is 0 Å². The molecule has 1 aromatic heterocycles. The average molecular weight is 295 g/mol. The fraction of sp³-hybridized carbons (Fsp3) is 0.250. The summed E-state index contributed by atoms with van der Waals surface area (Å²) in [6.45, 7) is 0. The summed E-state index contributed by atoms with van der Waals surface area (Å²) in [6.07, 6.45) is -13.8. The Morgan fingerprint density at radius 1 is 0.900 bits per heavy atom. The van der Waals surface area contributed by atoms with Crippen molar-refractivity contribution in [1.82, 2.24) is 4.98 Å². The Labute approximate surface area is 109 Å². The smallest absolute Gasteiger partial charge is 0.434 e. The molecule has 0 aliphatic rings. The summed E-state index contributed by atoms with van der Waals surface area (Å²) in [6, 6.07) is 6.83. The molecule has 0 N–H and O–H groups in total. The number of ether oxygens (including phenoxy) is 1.